The van der Waals surface area contributed by atoms with Crippen molar-refractivity contribution in [2.75, 3.05) is 11.4 Å². The van der Waals surface area contributed by atoms with Gasteiger partial charge in [-0.15, -0.1) is 0 Å². The summed E-state index contributed by atoms with van der Waals surface area (Å²) in [6, 6.07) is 26.4. The lowest BCUT2D eigenvalue weighted by molar-refractivity contribution is -0.117. The van der Waals surface area contributed by atoms with Crippen LogP contribution >= 0.6 is 39.3 Å². The van der Waals surface area contributed by atoms with Crippen LogP contribution in [0.4, 0.5) is 5.69 Å². The molecule has 1 fully saturated rings. The van der Waals surface area contributed by atoms with Crippen LogP contribution in [0.25, 0.3) is 0 Å². The molecule has 0 unspecified atom stereocenters. The second kappa shape index (κ2) is 11.6. The van der Waals surface area contributed by atoms with E-state index < -0.39 is 11.2 Å². The van der Waals surface area contributed by atoms with Crippen molar-refractivity contribution in [2.45, 2.75) is 18.1 Å². The van der Waals surface area contributed by atoms with Gasteiger partial charge in [-0.2, -0.15) is 5.26 Å². The monoisotopic (exact) mass is 565 g/mol. The van der Waals surface area contributed by atoms with Crippen LogP contribution in [-0.4, -0.2) is 23.6 Å². The van der Waals surface area contributed by atoms with Gasteiger partial charge in [0.25, 0.3) is 5.91 Å². The fourth-order valence-electron chi connectivity index (χ4n) is 3.73. The topological polar surface area (TPSA) is 73.2 Å². The summed E-state index contributed by atoms with van der Waals surface area (Å²) in [5, 5.41) is 13.2. The molecule has 2 amide bonds. The first-order valence-electron chi connectivity index (χ1n) is 10.9. The molecule has 1 heterocycles. The summed E-state index contributed by atoms with van der Waals surface area (Å²) in [5.74, 6) is -0.698. The number of carbonyl (C=O) groups excluding carboxylic acids is 2. The standard InChI is InChI=1S/C27H21BrClN3O2S/c28-20-10-12-21(13-11-20)32-26(34)24(16-19-8-4-5-9-23(19)29)35-27(32)22(17-30)25(33)31-15-14-18-6-2-1-3-7-18/h1-13,24H,14-16H2,(H,31,33)/b27-22-/t24-/m0/s1. The average Bonchev–Trinajstić information content (AvgIpc) is 3.17. The molecule has 35 heavy (non-hydrogen) atoms. The zero-order valence-corrected chi connectivity index (χ0v) is 21.7. The Bertz CT molecular complexity index is 1310. The first kappa shape index (κ1) is 25.1. The Hall–Kier alpha value is -3.05. The molecule has 5 nitrogen and oxygen atoms in total. The zero-order chi connectivity index (χ0) is 24.8. The summed E-state index contributed by atoms with van der Waals surface area (Å²) >= 11 is 11.0. The smallest absolute Gasteiger partial charge is 0.264 e. The largest absolute Gasteiger partial charge is 0.351 e. The molecule has 0 aliphatic carbocycles. The highest BCUT2D eigenvalue weighted by Gasteiger charge is 2.41. The van der Waals surface area contributed by atoms with Gasteiger partial charge in [0.05, 0.1) is 5.25 Å². The molecule has 1 N–H and O–H groups in total. The molecule has 8 heteroatoms. The number of halogens is 2. The Balaban J connectivity index is 1.62. The third-order valence-electron chi connectivity index (χ3n) is 5.50. The Kier molecular flexibility index (Phi) is 8.29. The summed E-state index contributed by atoms with van der Waals surface area (Å²) in [6.07, 6.45) is 1.02. The summed E-state index contributed by atoms with van der Waals surface area (Å²) in [6.45, 7) is 0.376. The molecule has 0 aromatic heterocycles. The van der Waals surface area contributed by atoms with Gasteiger partial charge in [0.2, 0.25) is 5.91 Å². The molecule has 0 spiro atoms. The van der Waals surface area contributed by atoms with Crippen molar-refractivity contribution in [3.8, 4) is 6.07 Å². The van der Waals surface area contributed by atoms with Crippen LogP contribution in [0.2, 0.25) is 5.02 Å². The van der Waals surface area contributed by atoms with Gasteiger partial charge in [-0.1, -0.05) is 87.8 Å². The van der Waals surface area contributed by atoms with Crippen LogP contribution in [0.5, 0.6) is 0 Å². The highest BCUT2D eigenvalue weighted by molar-refractivity contribution is 9.10. The molecule has 176 valence electrons. The number of nitrogens with one attached hydrogen (secondary N) is 1. The third-order valence-corrected chi connectivity index (χ3v) is 7.66. The Labute approximate surface area is 221 Å². The number of thioether (sulfide) groups is 1. The maximum absolute atomic E-state index is 13.5. The van der Waals surface area contributed by atoms with Gasteiger partial charge in [0.1, 0.15) is 16.7 Å². The summed E-state index contributed by atoms with van der Waals surface area (Å²) < 4.78 is 0.859. The highest BCUT2D eigenvalue weighted by Crippen LogP contribution is 2.42. The molecule has 0 radical (unpaired) electrons. The van der Waals surface area contributed by atoms with E-state index in [0.29, 0.717) is 35.1 Å². The van der Waals surface area contributed by atoms with E-state index in [9.17, 15) is 14.9 Å². The number of hydrogen-bond acceptors (Lipinski definition) is 4. The van der Waals surface area contributed by atoms with Crippen LogP contribution in [0, 0.1) is 11.3 Å². The average molecular weight is 567 g/mol. The quantitative estimate of drug-likeness (QED) is 0.286. The number of rotatable bonds is 7. The fourth-order valence-corrected chi connectivity index (χ4v) is 5.50. The van der Waals surface area contributed by atoms with Crippen LogP contribution in [0.3, 0.4) is 0 Å². The molecule has 4 rings (SSSR count). The molecular formula is C27H21BrClN3O2S. The molecular weight excluding hydrogens is 546 g/mol. The van der Waals surface area contributed by atoms with Crippen LogP contribution in [0.1, 0.15) is 11.1 Å². The van der Waals surface area contributed by atoms with Crippen molar-refractivity contribution in [3.05, 3.63) is 110 Å². The molecule has 0 bridgehead atoms. The number of benzene rings is 3. The van der Waals surface area contributed by atoms with E-state index >= 15 is 0 Å². The van der Waals surface area contributed by atoms with E-state index in [2.05, 4.69) is 21.2 Å². The maximum atomic E-state index is 13.5. The van der Waals surface area contributed by atoms with Crippen molar-refractivity contribution >= 4 is 56.8 Å². The second-order valence-electron chi connectivity index (χ2n) is 7.84. The van der Waals surface area contributed by atoms with Crippen LogP contribution in [0.15, 0.2) is 93.9 Å². The minimum Gasteiger partial charge on any atom is -0.351 e. The minimum atomic E-state index is -0.519. The summed E-state index contributed by atoms with van der Waals surface area (Å²) in [5.41, 5.74) is 2.43. The van der Waals surface area contributed by atoms with Gasteiger partial charge < -0.3 is 5.32 Å². The number of hydrogen-bond donors (Lipinski definition) is 1. The fraction of sp³-hybridized carbons (Fsp3) is 0.148. The van der Waals surface area contributed by atoms with Crippen molar-refractivity contribution in [1.29, 1.82) is 5.26 Å². The number of carbonyl (C=O) groups is 2. The van der Waals surface area contributed by atoms with Crippen molar-refractivity contribution in [3.63, 3.8) is 0 Å². The highest BCUT2D eigenvalue weighted by atomic mass is 79.9. The van der Waals surface area contributed by atoms with Gasteiger partial charge >= 0.3 is 0 Å². The maximum Gasteiger partial charge on any atom is 0.264 e. The predicted molar refractivity (Wildman–Crippen MR) is 144 cm³/mol. The number of nitrogens with zero attached hydrogens (tertiary/aromatic N) is 2. The number of anilines is 1. The van der Waals surface area contributed by atoms with E-state index in [-0.39, 0.29) is 11.5 Å². The lowest BCUT2D eigenvalue weighted by atomic mass is 10.1. The van der Waals surface area contributed by atoms with E-state index in [1.54, 1.807) is 18.2 Å². The van der Waals surface area contributed by atoms with Gasteiger partial charge in [0.15, 0.2) is 0 Å². The third kappa shape index (κ3) is 5.96. The molecule has 3 aromatic rings. The van der Waals surface area contributed by atoms with Crippen LogP contribution < -0.4 is 10.2 Å². The van der Waals surface area contributed by atoms with E-state index in [1.165, 1.54) is 16.7 Å². The SMILES string of the molecule is N#C/C(C(=O)NCCc1ccccc1)=C1/S[C@@H](Cc2ccccc2Cl)C(=O)N1c1ccc(Br)cc1. The first-order chi connectivity index (χ1) is 17.0. The Morgan fingerprint density at radius 3 is 2.43 bits per heavy atom. The molecule has 1 aliphatic rings. The van der Waals surface area contributed by atoms with Gasteiger partial charge in [-0.25, -0.2) is 0 Å². The first-order valence-corrected chi connectivity index (χ1v) is 13.0. The van der Waals surface area contributed by atoms with E-state index in [0.717, 1.165) is 15.6 Å². The second-order valence-corrected chi connectivity index (χ2v) is 10.3. The lowest BCUT2D eigenvalue weighted by Gasteiger charge is -2.19. The number of nitriles is 1. The Morgan fingerprint density at radius 1 is 1.06 bits per heavy atom. The molecule has 1 atom stereocenters. The number of amides is 2. The molecule has 0 saturated carbocycles. The molecule has 3 aromatic carbocycles. The van der Waals surface area contributed by atoms with Crippen molar-refractivity contribution < 1.29 is 9.59 Å². The van der Waals surface area contributed by atoms with Gasteiger partial charge in [-0.05, 0) is 54.3 Å². The van der Waals surface area contributed by atoms with Crippen LogP contribution in [-0.2, 0) is 22.4 Å². The predicted octanol–water partition coefficient (Wildman–Crippen LogP) is 5.89. The van der Waals surface area contributed by atoms with E-state index in [1.807, 2.05) is 66.7 Å². The normalized spacial score (nSPS) is 16.7. The van der Waals surface area contributed by atoms with Crippen molar-refractivity contribution in [1.82, 2.24) is 5.32 Å². The Morgan fingerprint density at radius 2 is 1.74 bits per heavy atom. The summed E-state index contributed by atoms with van der Waals surface area (Å²) in [4.78, 5) is 28.0. The van der Waals surface area contributed by atoms with E-state index in [4.69, 9.17) is 11.6 Å². The minimum absolute atomic E-state index is 0.0824. The van der Waals surface area contributed by atoms with Gasteiger partial charge in [0, 0.05) is 21.7 Å². The molecule has 1 saturated heterocycles. The lowest BCUT2D eigenvalue weighted by Crippen LogP contribution is -2.32. The molecule has 1 aliphatic heterocycles. The zero-order valence-electron chi connectivity index (χ0n) is 18.6. The van der Waals surface area contributed by atoms with Gasteiger partial charge in [-0.3, -0.25) is 14.5 Å². The van der Waals surface area contributed by atoms with Crippen molar-refractivity contribution in [2.24, 2.45) is 0 Å². The summed E-state index contributed by atoms with van der Waals surface area (Å²) in [7, 11) is 0.